The summed E-state index contributed by atoms with van der Waals surface area (Å²) in [4.78, 5) is 11.5. The van der Waals surface area contributed by atoms with Crippen molar-refractivity contribution in [2.45, 2.75) is 26.6 Å². The number of carbonyl (C=O) groups is 1. The van der Waals surface area contributed by atoms with E-state index in [1.165, 1.54) is 7.11 Å². The number of hydrogen-bond acceptors (Lipinski definition) is 3. The van der Waals surface area contributed by atoms with Crippen molar-refractivity contribution in [3.8, 4) is 5.75 Å². The summed E-state index contributed by atoms with van der Waals surface area (Å²) in [5.41, 5.74) is 1.23. The smallest absolute Gasteiger partial charge is 0.341 e. The maximum Gasteiger partial charge on any atom is 0.341 e. The van der Waals surface area contributed by atoms with Crippen LogP contribution in [0.3, 0.4) is 0 Å². The molecule has 0 aliphatic heterocycles. The van der Waals surface area contributed by atoms with Crippen LogP contribution >= 0.6 is 0 Å². The zero-order valence-corrected chi connectivity index (χ0v) is 11.4. The molecule has 0 atom stereocenters. The second kappa shape index (κ2) is 4.29. The van der Waals surface area contributed by atoms with Gasteiger partial charge >= 0.3 is 5.97 Å². The summed E-state index contributed by atoms with van der Waals surface area (Å²) in [5, 5.41) is 11.0. The Bertz CT molecular complexity index is 419. The van der Waals surface area contributed by atoms with Gasteiger partial charge in [0, 0.05) is 0 Å². The molecule has 16 heavy (non-hydrogen) atoms. The highest BCUT2D eigenvalue weighted by molar-refractivity contribution is 6.89. The largest absolute Gasteiger partial charge is 0.507 e. The molecular formula is C12H18O3Si. The first kappa shape index (κ1) is 12.8. The lowest BCUT2D eigenvalue weighted by Crippen LogP contribution is -2.38. The summed E-state index contributed by atoms with van der Waals surface area (Å²) < 4.78 is 4.66. The van der Waals surface area contributed by atoms with Crippen LogP contribution in [-0.4, -0.2) is 26.3 Å². The summed E-state index contributed by atoms with van der Waals surface area (Å²) in [6.07, 6.45) is 0. The highest BCUT2D eigenvalue weighted by atomic mass is 28.3. The van der Waals surface area contributed by atoms with E-state index in [1.807, 2.05) is 13.0 Å². The Kier molecular flexibility index (Phi) is 3.43. The Morgan fingerprint density at radius 1 is 1.31 bits per heavy atom. The minimum absolute atomic E-state index is 0.0802. The van der Waals surface area contributed by atoms with Crippen molar-refractivity contribution in [1.82, 2.24) is 0 Å². The molecule has 0 aromatic heterocycles. The van der Waals surface area contributed by atoms with E-state index in [0.29, 0.717) is 0 Å². The summed E-state index contributed by atoms with van der Waals surface area (Å²) in [5.74, 6) is -0.405. The van der Waals surface area contributed by atoms with Gasteiger partial charge in [0.15, 0.2) is 0 Å². The Hall–Kier alpha value is -1.29. The predicted molar refractivity (Wildman–Crippen MR) is 67.2 cm³/mol. The molecule has 1 aromatic rings. The molecule has 3 nitrogen and oxygen atoms in total. The fraction of sp³-hybridized carbons (Fsp3) is 0.417. The molecule has 1 rings (SSSR count). The Morgan fingerprint density at radius 3 is 2.31 bits per heavy atom. The first-order valence-corrected chi connectivity index (χ1v) is 8.69. The molecule has 0 unspecified atom stereocenters. The number of carbonyl (C=O) groups excluding carboxylic acids is 1. The van der Waals surface area contributed by atoms with Gasteiger partial charge in [0.05, 0.1) is 15.2 Å². The maximum absolute atomic E-state index is 11.5. The van der Waals surface area contributed by atoms with E-state index in [1.54, 1.807) is 6.07 Å². The van der Waals surface area contributed by atoms with E-state index >= 15 is 0 Å². The Balaban J connectivity index is 3.44. The van der Waals surface area contributed by atoms with Gasteiger partial charge in [-0.25, -0.2) is 4.79 Å². The lowest BCUT2D eigenvalue weighted by atomic mass is 10.1. The Morgan fingerprint density at radius 2 is 1.88 bits per heavy atom. The molecule has 0 radical (unpaired) electrons. The molecular weight excluding hydrogens is 220 g/mol. The number of benzene rings is 1. The van der Waals surface area contributed by atoms with E-state index in [4.69, 9.17) is 0 Å². The molecule has 0 heterocycles. The van der Waals surface area contributed by atoms with Gasteiger partial charge in [-0.1, -0.05) is 31.3 Å². The molecule has 0 aliphatic rings. The van der Waals surface area contributed by atoms with Crippen molar-refractivity contribution >= 4 is 19.2 Å². The van der Waals surface area contributed by atoms with Crippen LogP contribution in [0.15, 0.2) is 12.1 Å². The molecule has 0 fully saturated rings. The number of phenols is 1. The summed E-state index contributed by atoms with van der Waals surface area (Å²) in [6, 6.07) is 3.61. The third kappa shape index (κ3) is 2.44. The average molecular weight is 238 g/mol. The lowest BCUT2D eigenvalue weighted by Gasteiger charge is -2.20. The number of hydrogen-bond donors (Lipinski definition) is 1. The number of aromatic hydroxyl groups is 1. The van der Waals surface area contributed by atoms with Crippen molar-refractivity contribution in [3.05, 3.63) is 23.3 Å². The fourth-order valence-electron chi connectivity index (χ4n) is 1.62. The zero-order chi connectivity index (χ0) is 12.5. The van der Waals surface area contributed by atoms with Gasteiger partial charge in [0.2, 0.25) is 0 Å². The van der Waals surface area contributed by atoms with Gasteiger partial charge in [-0.3, -0.25) is 0 Å². The fourth-order valence-corrected chi connectivity index (χ4v) is 3.12. The summed E-state index contributed by atoms with van der Waals surface area (Å²) in [7, 11) is -0.339. The quantitative estimate of drug-likeness (QED) is 0.633. The van der Waals surface area contributed by atoms with Gasteiger partial charge in [0.1, 0.15) is 11.3 Å². The molecule has 0 aliphatic carbocycles. The van der Waals surface area contributed by atoms with Crippen molar-refractivity contribution in [2.24, 2.45) is 0 Å². The van der Waals surface area contributed by atoms with Crippen molar-refractivity contribution in [3.63, 3.8) is 0 Å². The summed E-state index contributed by atoms with van der Waals surface area (Å²) in [6.45, 7) is 8.29. The minimum Gasteiger partial charge on any atom is -0.507 e. The van der Waals surface area contributed by atoms with Crippen LogP contribution in [0, 0.1) is 6.92 Å². The van der Waals surface area contributed by atoms with Crippen LogP contribution in [0.25, 0.3) is 0 Å². The zero-order valence-electron chi connectivity index (χ0n) is 10.4. The minimum atomic E-state index is -1.66. The molecule has 1 N–H and O–H groups in total. The van der Waals surface area contributed by atoms with Crippen molar-refractivity contribution in [2.75, 3.05) is 7.11 Å². The van der Waals surface area contributed by atoms with Crippen molar-refractivity contribution < 1.29 is 14.6 Å². The number of aryl methyl sites for hydroxylation is 1. The summed E-state index contributed by atoms with van der Waals surface area (Å²) >= 11 is 0. The van der Waals surface area contributed by atoms with Crippen LogP contribution in [-0.2, 0) is 4.74 Å². The molecule has 0 spiro atoms. The first-order valence-electron chi connectivity index (χ1n) is 5.19. The van der Waals surface area contributed by atoms with Crippen LogP contribution in [0.5, 0.6) is 5.75 Å². The third-order valence-corrected chi connectivity index (χ3v) is 4.46. The van der Waals surface area contributed by atoms with Crippen LogP contribution in [0.1, 0.15) is 15.9 Å². The van der Waals surface area contributed by atoms with Gasteiger partial charge < -0.3 is 9.84 Å². The monoisotopic (exact) mass is 238 g/mol. The molecule has 88 valence electrons. The number of rotatable bonds is 2. The van der Waals surface area contributed by atoms with E-state index in [9.17, 15) is 9.90 Å². The lowest BCUT2D eigenvalue weighted by molar-refractivity contribution is 0.0597. The van der Waals surface area contributed by atoms with Gasteiger partial charge in [0.25, 0.3) is 0 Å². The van der Waals surface area contributed by atoms with Crippen LogP contribution < -0.4 is 5.19 Å². The second-order valence-electron chi connectivity index (χ2n) is 4.95. The van der Waals surface area contributed by atoms with Gasteiger partial charge in [-0.15, -0.1) is 0 Å². The normalized spacial score (nSPS) is 11.3. The number of esters is 1. The maximum atomic E-state index is 11.5. The van der Waals surface area contributed by atoms with Gasteiger partial charge in [-0.05, 0) is 18.2 Å². The molecule has 1 aromatic carbocycles. The standard InChI is InChI=1S/C12H18O3Si/c1-8-6-9(12(14)15-2)11(13)10(7-8)16(3,4)5/h6-7,13H,1-5H3. The van der Waals surface area contributed by atoms with Crippen LogP contribution in [0.4, 0.5) is 0 Å². The predicted octanol–water partition coefficient (Wildman–Crippen LogP) is 2.03. The number of ether oxygens (including phenoxy) is 1. The molecule has 0 saturated heterocycles. The average Bonchev–Trinajstić information content (AvgIpc) is 2.18. The van der Waals surface area contributed by atoms with Crippen molar-refractivity contribution in [1.29, 1.82) is 0 Å². The topological polar surface area (TPSA) is 46.5 Å². The van der Waals surface area contributed by atoms with E-state index in [2.05, 4.69) is 24.4 Å². The first-order chi connectivity index (χ1) is 7.27. The molecule has 4 heteroatoms. The third-order valence-electron chi connectivity index (χ3n) is 2.47. The van der Waals surface area contributed by atoms with E-state index < -0.39 is 14.0 Å². The number of methoxy groups -OCH3 is 1. The van der Waals surface area contributed by atoms with E-state index in [-0.39, 0.29) is 11.3 Å². The highest BCUT2D eigenvalue weighted by Crippen LogP contribution is 2.21. The SMILES string of the molecule is COC(=O)c1cc(C)cc([Si](C)(C)C)c1O. The van der Waals surface area contributed by atoms with Gasteiger partial charge in [-0.2, -0.15) is 0 Å². The molecule has 0 amide bonds. The number of phenolic OH excluding ortho intramolecular Hbond substituents is 1. The van der Waals surface area contributed by atoms with Crippen LogP contribution in [0.2, 0.25) is 19.6 Å². The molecule has 0 bridgehead atoms. The second-order valence-corrected chi connectivity index (χ2v) is 9.99. The Labute approximate surface area is 97.1 Å². The highest BCUT2D eigenvalue weighted by Gasteiger charge is 2.25. The molecule has 0 saturated carbocycles. The van der Waals surface area contributed by atoms with E-state index in [0.717, 1.165) is 10.8 Å².